The van der Waals surface area contributed by atoms with Gasteiger partial charge in [0, 0.05) is 12.7 Å². The topological polar surface area (TPSA) is 93.4 Å². The number of carboxylic acid groups (broad SMARTS) is 1. The maximum absolute atomic E-state index is 12.0. The molecule has 0 saturated heterocycles. The first kappa shape index (κ1) is 18.0. The number of hydrogen-bond donors (Lipinski definition) is 2. The predicted molar refractivity (Wildman–Crippen MR) is 81.9 cm³/mol. The molecular formula is C15H25N3O4. The van der Waals surface area contributed by atoms with Gasteiger partial charge in [-0.1, -0.05) is 13.8 Å². The fourth-order valence-corrected chi connectivity index (χ4v) is 2.05. The number of carbonyl (C=O) groups is 2. The van der Waals surface area contributed by atoms with Crippen LogP contribution in [0.5, 0.6) is 0 Å². The fraction of sp³-hybridized carbons (Fsp3) is 0.667. The van der Waals surface area contributed by atoms with Crippen LogP contribution in [0, 0.1) is 12.8 Å². The predicted octanol–water partition coefficient (Wildman–Crippen LogP) is 2.65. The van der Waals surface area contributed by atoms with Crippen molar-refractivity contribution in [1.82, 2.24) is 14.9 Å². The molecule has 0 radical (unpaired) electrons. The molecule has 1 aromatic heterocycles. The van der Waals surface area contributed by atoms with Crippen LogP contribution in [0.2, 0.25) is 0 Å². The third-order valence-corrected chi connectivity index (χ3v) is 3.24. The second kappa shape index (κ2) is 6.37. The van der Waals surface area contributed by atoms with E-state index in [1.807, 2.05) is 13.8 Å². The third-order valence-electron chi connectivity index (χ3n) is 3.24. The van der Waals surface area contributed by atoms with Crippen molar-refractivity contribution in [3.05, 3.63) is 17.2 Å². The Labute approximate surface area is 130 Å². The molecule has 7 nitrogen and oxygen atoms in total. The average Bonchev–Trinajstić information content (AvgIpc) is 2.61. The van der Waals surface area contributed by atoms with Crippen LogP contribution in [0.4, 0.5) is 4.79 Å². The fourth-order valence-electron chi connectivity index (χ4n) is 2.05. The van der Waals surface area contributed by atoms with Crippen LogP contribution < -0.4 is 5.32 Å². The number of nitrogens with one attached hydrogen (secondary N) is 1. The molecule has 1 atom stereocenters. The summed E-state index contributed by atoms with van der Waals surface area (Å²) in [5.41, 5.74) is -0.0664. The number of hydrogen-bond acceptors (Lipinski definition) is 4. The van der Waals surface area contributed by atoms with E-state index >= 15 is 0 Å². The lowest BCUT2D eigenvalue weighted by atomic mass is 10.0. The van der Waals surface area contributed by atoms with Crippen molar-refractivity contribution in [2.45, 2.75) is 53.2 Å². The van der Waals surface area contributed by atoms with Crippen molar-refractivity contribution in [3.8, 4) is 0 Å². The van der Waals surface area contributed by atoms with Crippen molar-refractivity contribution in [1.29, 1.82) is 0 Å². The second-order valence-electron chi connectivity index (χ2n) is 6.64. The van der Waals surface area contributed by atoms with E-state index in [-0.39, 0.29) is 11.6 Å². The number of aromatic nitrogens is 2. The van der Waals surface area contributed by atoms with Crippen molar-refractivity contribution >= 4 is 12.1 Å². The highest BCUT2D eigenvalue weighted by molar-refractivity contribution is 5.86. The Morgan fingerprint density at radius 2 is 1.86 bits per heavy atom. The summed E-state index contributed by atoms with van der Waals surface area (Å²) in [5, 5.41) is 11.9. The van der Waals surface area contributed by atoms with Gasteiger partial charge in [-0.25, -0.2) is 14.6 Å². The van der Waals surface area contributed by atoms with E-state index in [9.17, 15) is 14.7 Å². The van der Waals surface area contributed by atoms with Gasteiger partial charge in [-0.15, -0.1) is 0 Å². The molecule has 22 heavy (non-hydrogen) atoms. The molecule has 0 aliphatic rings. The van der Waals surface area contributed by atoms with E-state index in [0.717, 1.165) is 0 Å². The van der Waals surface area contributed by atoms with Crippen molar-refractivity contribution in [2.24, 2.45) is 13.0 Å². The quantitative estimate of drug-likeness (QED) is 0.891. The summed E-state index contributed by atoms with van der Waals surface area (Å²) in [4.78, 5) is 27.4. The van der Waals surface area contributed by atoms with Crippen LogP contribution in [0.25, 0.3) is 0 Å². The first-order valence-corrected chi connectivity index (χ1v) is 7.20. The Bertz CT molecular complexity index is 570. The number of nitrogens with zero attached hydrogens (tertiary/aromatic N) is 2. The first-order chi connectivity index (χ1) is 9.94. The van der Waals surface area contributed by atoms with Gasteiger partial charge in [0.25, 0.3) is 0 Å². The van der Waals surface area contributed by atoms with E-state index in [1.165, 1.54) is 0 Å². The number of amides is 1. The molecule has 0 fully saturated rings. The number of carbonyl (C=O) groups excluding carboxylic acids is 1. The monoisotopic (exact) mass is 311 g/mol. The molecule has 1 amide bonds. The molecule has 0 spiro atoms. The SMILES string of the molecule is Cc1c(C(=O)O)nc([C@H](NC(=O)OC(C)(C)C)C(C)C)n1C. The lowest BCUT2D eigenvalue weighted by Crippen LogP contribution is -2.37. The zero-order valence-electron chi connectivity index (χ0n) is 14.2. The summed E-state index contributed by atoms with van der Waals surface area (Å²) < 4.78 is 6.95. The van der Waals surface area contributed by atoms with Gasteiger partial charge in [-0.05, 0) is 33.6 Å². The normalized spacial score (nSPS) is 13.1. The number of alkyl carbamates (subject to hydrolysis) is 1. The maximum Gasteiger partial charge on any atom is 0.408 e. The smallest absolute Gasteiger partial charge is 0.408 e. The molecular weight excluding hydrogens is 286 g/mol. The van der Waals surface area contributed by atoms with Crippen LogP contribution >= 0.6 is 0 Å². The molecule has 7 heteroatoms. The van der Waals surface area contributed by atoms with Crippen LogP contribution in [0.15, 0.2) is 0 Å². The van der Waals surface area contributed by atoms with Gasteiger partial charge in [0.1, 0.15) is 11.4 Å². The maximum atomic E-state index is 12.0. The highest BCUT2D eigenvalue weighted by Gasteiger charge is 2.28. The van der Waals surface area contributed by atoms with Gasteiger partial charge in [-0.3, -0.25) is 0 Å². The standard InChI is InChI=1S/C15H25N3O4/c1-8(2)10(17-14(21)22-15(4,5)6)12-16-11(13(19)20)9(3)18(12)7/h8,10H,1-7H3,(H,17,21)(H,19,20)/t10-/m1/s1. The van der Waals surface area contributed by atoms with E-state index in [1.54, 1.807) is 39.3 Å². The summed E-state index contributed by atoms with van der Waals surface area (Å²) in [5.74, 6) is -0.565. The molecule has 0 aromatic carbocycles. The van der Waals surface area contributed by atoms with Crippen LogP contribution in [0.1, 0.15) is 62.7 Å². The molecule has 2 N–H and O–H groups in total. The summed E-state index contributed by atoms with van der Waals surface area (Å²) in [7, 11) is 1.73. The number of aromatic carboxylic acids is 1. The molecule has 0 aliphatic carbocycles. The summed E-state index contributed by atoms with van der Waals surface area (Å²) >= 11 is 0. The minimum absolute atomic E-state index is 0.00543. The molecule has 1 rings (SSSR count). The molecule has 0 aliphatic heterocycles. The van der Waals surface area contributed by atoms with Crippen molar-refractivity contribution < 1.29 is 19.4 Å². The van der Waals surface area contributed by atoms with Crippen LogP contribution in [0.3, 0.4) is 0 Å². The Kier molecular flexibility index (Phi) is 5.22. The highest BCUT2D eigenvalue weighted by Crippen LogP contribution is 2.23. The molecule has 1 heterocycles. The van der Waals surface area contributed by atoms with Crippen LogP contribution in [-0.4, -0.2) is 32.3 Å². The van der Waals surface area contributed by atoms with Crippen molar-refractivity contribution in [3.63, 3.8) is 0 Å². The summed E-state index contributed by atoms with van der Waals surface area (Å²) in [6, 6.07) is -0.438. The third kappa shape index (κ3) is 4.22. The molecule has 0 bridgehead atoms. The number of imidazole rings is 1. The van der Waals surface area contributed by atoms with Gasteiger partial charge in [0.2, 0.25) is 0 Å². The van der Waals surface area contributed by atoms with Crippen molar-refractivity contribution in [2.75, 3.05) is 0 Å². The van der Waals surface area contributed by atoms with Gasteiger partial charge in [0.15, 0.2) is 5.69 Å². The lowest BCUT2D eigenvalue weighted by molar-refractivity contribution is 0.0485. The van der Waals surface area contributed by atoms with E-state index in [4.69, 9.17) is 4.74 Å². The largest absolute Gasteiger partial charge is 0.476 e. The molecule has 124 valence electrons. The zero-order chi connectivity index (χ0) is 17.2. The second-order valence-corrected chi connectivity index (χ2v) is 6.64. The average molecular weight is 311 g/mol. The van der Waals surface area contributed by atoms with E-state index in [2.05, 4.69) is 10.3 Å². The van der Waals surface area contributed by atoms with Gasteiger partial charge in [-0.2, -0.15) is 0 Å². The summed E-state index contributed by atoms with van der Waals surface area (Å²) in [6.45, 7) is 10.9. The Morgan fingerprint density at radius 1 is 1.32 bits per heavy atom. The Morgan fingerprint density at radius 3 is 2.23 bits per heavy atom. The molecule has 0 unspecified atom stereocenters. The highest BCUT2D eigenvalue weighted by atomic mass is 16.6. The van der Waals surface area contributed by atoms with E-state index in [0.29, 0.717) is 11.5 Å². The minimum Gasteiger partial charge on any atom is -0.476 e. The Hall–Kier alpha value is -2.05. The van der Waals surface area contributed by atoms with E-state index < -0.39 is 23.7 Å². The van der Waals surface area contributed by atoms with Crippen LogP contribution in [-0.2, 0) is 11.8 Å². The lowest BCUT2D eigenvalue weighted by Gasteiger charge is -2.25. The molecule has 0 saturated carbocycles. The van der Waals surface area contributed by atoms with Gasteiger partial charge < -0.3 is 19.7 Å². The van der Waals surface area contributed by atoms with Gasteiger partial charge >= 0.3 is 12.1 Å². The first-order valence-electron chi connectivity index (χ1n) is 7.20. The Balaban J connectivity index is 3.10. The minimum atomic E-state index is -1.08. The van der Waals surface area contributed by atoms with Gasteiger partial charge in [0.05, 0.1) is 6.04 Å². The zero-order valence-corrected chi connectivity index (χ0v) is 14.2. The molecule has 1 aromatic rings. The summed E-state index contributed by atoms with van der Waals surface area (Å²) in [6.07, 6.45) is -0.552. The number of rotatable bonds is 4. The number of carboxylic acids is 1. The number of ether oxygens (including phenoxy) is 1.